The number of amides is 1. The van der Waals surface area contributed by atoms with Gasteiger partial charge in [-0.25, -0.2) is 0 Å². The summed E-state index contributed by atoms with van der Waals surface area (Å²) in [7, 11) is 1.80. The Bertz CT molecular complexity index is 715. The van der Waals surface area contributed by atoms with Crippen LogP contribution >= 0.6 is 12.2 Å². The Kier molecular flexibility index (Phi) is 5.05. The van der Waals surface area contributed by atoms with Gasteiger partial charge < -0.3 is 5.32 Å². The van der Waals surface area contributed by atoms with Crippen molar-refractivity contribution >= 4 is 35.1 Å². The number of nitrogens with one attached hydrogen (secondary N) is 2. The van der Waals surface area contributed by atoms with Crippen molar-refractivity contribution in [3.63, 3.8) is 0 Å². The molecule has 2 rings (SSSR count). The molecular formula is C14H18N6OS. The molecule has 22 heavy (non-hydrogen) atoms. The van der Waals surface area contributed by atoms with Crippen LogP contribution in [0.3, 0.4) is 0 Å². The molecule has 1 amide bonds. The molecule has 0 aromatic carbocycles. The van der Waals surface area contributed by atoms with E-state index in [1.54, 1.807) is 28.7 Å². The van der Waals surface area contributed by atoms with Crippen LogP contribution in [-0.2, 0) is 18.4 Å². The molecule has 0 atom stereocenters. The van der Waals surface area contributed by atoms with E-state index in [-0.39, 0.29) is 11.0 Å². The van der Waals surface area contributed by atoms with Gasteiger partial charge in [0.15, 0.2) is 5.11 Å². The number of hydrogen-bond acceptors (Lipinski definition) is 4. The lowest BCUT2D eigenvalue weighted by atomic mass is 10.3. The van der Waals surface area contributed by atoms with Crippen molar-refractivity contribution in [2.75, 3.05) is 5.32 Å². The third kappa shape index (κ3) is 4.26. The first kappa shape index (κ1) is 15.9. The van der Waals surface area contributed by atoms with Crippen molar-refractivity contribution < 1.29 is 4.79 Å². The first-order valence-electron chi connectivity index (χ1n) is 6.81. The van der Waals surface area contributed by atoms with Gasteiger partial charge in [0, 0.05) is 37.5 Å². The summed E-state index contributed by atoms with van der Waals surface area (Å²) in [6.45, 7) is 4.67. The predicted molar refractivity (Wildman–Crippen MR) is 89.2 cm³/mol. The quantitative estimate of drug-likeness (QED) is 0.659. The minimum absolute atomic E-state index is 0.224. The Morgan fingerprint density at radius 1 is 1.50 bits per heavy atom. The fourth-order valence-electron chi connectivity index (χ4n) is 1.84. The van der Waals surface area contributed by atoms with Crippen LogP contribution in [0, 0.1) is 6.92 Å². The van der Waals surface area contributed by atoms with Gasteiger partial charge in [0.25, 0.3) is 0 Å². The van der Waals surface area contributed by atoms with Crippen molar-refractivity contribution in [2.45, 2.75) is 20.4 Å². The zero-order chi connectivity index (χ0) is 16.1. The van der Waals surface area contributed by atoms with Crippen LogP contribution in [0.15, 0.2) is 24.5 Å². The summed E-state index contributed by atoms with van der Waals surface area (Å²) in [5.41, 5.74) is 1.73. The smallest absolute Gasteiger partial charge is 0.250 e. The van der Waals surface area contributed by atoms with E-state index in [9.17, 15) is 4.79 Å². The van der Waals surface area contributed by atoms with Crippen molar-refractivity contribution in [1.29, 1.82) is 0 Å². The molecule has 2 heterocycles. The SMILES string of the molecule is CCn1cc(/C=C/C(=O)NC(=S)Nc2cc(C)nn2C)cn1. The van der Waals surface area contributed by atoms with Crippen molar-refractivity contribution in [1.82, 2.24) is 24.9 Å². The van der Waals surface area contributed by atoms with Crippen molar-refractivity contribution in [3.8, 4) is 0 Å². The molecule has 116 valence electrons. The van der Waals surface area contributed by atoms with Gasteiger partial charge in [0.2, 0.25) is 5.91 Å². The van der Waals surface area contributed by atoms with E-state index in [1.165, 1.54) is 6.08 Å². The molecule has 2 aromatic rings. The molecular weight excluding hydrogens is 300 g/mol. The summed E-state index contributed by atoms with van der Waals surface area (Å²) in [6, 6.07) is 1.84. The normalized spacial score (nSPS) is 10.9. The van der Waals surface area contributed by atoms with Gasteiger partial charge in [-0.15, -0.1) is 0 Å². The third-order valence-electron chi connectivity index (χ3n) is 2.88. The Morgan fingerprint density at radius 3 is 2.86 bits per heavy atom. The van der Waals surface area contributed by atoms with Gasteiger partial charge in [0.1, 0.15) is 5.82 Å². The fraction of sp³-hybridized carbons (Fsp3) is 0.286. The van der Waals surface area contributed by atoms with Gasteiger partial charge in [-0.1, -0.05) is 0 Å². The van der Waals surface area contributed by atoms with Crippen LogP contribution in [0.2, 0.25) is 0 Å². The number of aromatic nitrogens is 4. The number of carbonyl (C=O) groups is 1. The van der Waals surface area contributed by atoms with Gasteiger partial charge in [-0.2, -0.15) is 10.2 Å². The largest absolute Gasteiger partial charge is 0.317 e. The second kappa shape index (κ2) is 6.99. The number of rotatable bonds is 4. The summed E-state index contributed by atoms with van der Waals surface area (Å²) < 4.78 is 3.44. The number of thiocarbonyl (C=S) groups is 1. The Hall–Kier alpha value is -2.48. The second-order valence-electron chi connectivity index (χ2n) is 4.70. The van der Waals surface area contributed by atoms with Crippen molar-refractivity contribution in [3.05, 3.63) is 35.8 Å². The maximum absolute atomic E-state index is 11.8. The van der Waals surface area contributed by atoms with E-state index in [0.29, 0.717) is 0 Å². The number of carbonyl (C=O) groups excluding carboxylic acids is 1. The minimum atomic E-state index is -0.305. The van der Waals surface area contributed by atoms with Gasteiger partial charge in [0.05, 0.1) is 11.9 Å². The molecule has 0 radical (unpaired) electrons. The molecule has 0 unspecified atom stereocenters. The Labute approximate surface area is 134 Å². The molecule has 0 aliphatic rings. The molecule has 0 aliphatic heterocycles. The molecule has 2 aromatic heterocycles. The average Bonchev–Trinajstić information content (AvgIpc) is 3.03. The van der Waals surface area contributed by atoms with E-state index >= 15 is 0 Å². The van der Waals surface area contributed by atoms with Gasteiger partial charge >= 0.3 is 0 Å². The second-order valence-corrected chi connectivity index (χ2v) is 5.11. The molecule has 0 spiro atoms. The summed E-state index contributed by atoms with van der Waals surface area (Å²) in [5.74, 6) is 0.414. The summed E-state index contributed by atoms with van der Waals surface area (Å²) >= 11 is 5.10. The van der Waals surface area contributed by atoms with Crippen molar-refractivity contribution in [2.24, 2.45) is 7.05 Å². The van der Waals surface area contributed by atoms with E-state index in [4.69, 9.17) is 12.2 Å². The van der Waals surface area contributed by atoms with Crippen LogP contribution in [-0.4, -0.2) is 30.6 Å². The summed E-state index contributed by atoms with van der Waals surface area (Å²) in [5, 5.41) is 14.0. The highest BCUT2D eigenvalue weighted by Crippen LogP contribution is 2.07. The highest BCUT2D eigenvalue weighted by molar-refractivity contribution is 7.80. The summed E-state index contributed by atoms with van der Waals surface area (Å²) in [4.78, 5) is 11.8. The monoisotopic (exact) mass is 318 g/mol. The highest BCUT2D eigenvalue weighted by Gasteiger charge is 2.06. The van der Waals surface area contributed by atoms with Crippen LogP contribution in [0.1, 0.15) is 18.2 Å². The zero-order valence-corrected chi connectivity index (χ0v) is 13.5. The third-order valence-corrected chi connectivity index (χ3v) is 3.09. The average molecular weight is 318 g/mol. The highest BCUT2D eigenvalue weighted by atomic mass is 32.1. The van der Waals surface area contributed by atoms with E-state index in [0.717, 1.165) is 23.6 Å². The lowest BCUT2D eigenvalue weighted by Gasteiger charge is -2.07. The van der Waals surface area contributed by atoms with Gasteiger partial charge in [-0.05, 0) is 32.1 Å². The number of anilines is 1. The van der Waals surface area contributed by atoms with Crippen LogP contribution in [0.4, 0.5) is 5.82 Å². The molecule has 0 saturated heterocycles. The zero-order valence-electron chi connectivity index (χ0n) is 12.7. The van der Waals surface area contributed by atoms with Crippen LogP contribution in [0.5, 0.6) is 0 Å². The fourth-order valence-corrected chi connectivity index (χ4v) is 2.04. The van der Waals surface area contributed by atoms with E-state index in [1.807, 2.05) is 26.1 Å². The van der Waals surface area contributed by atoms with Gasteiger partial charge in [-0.3, -0.25) is 19.5 Å². The molecule has 0 aliphatic carbocycles. The maximum atomic E-state index is 11.8. The lowest BCUT2D eigenvalue weighted by molar-refractivity contribution is -0.115. The molecule has 0 fully saturated rings. The number of hydrogen-bond donors (Lipinski definition) is 2. The standard InChI is InChI=1S/C14H18N6OS/c1-4-20-9-11(8-15-20)5-6-13(21)17-14(22)16-12-7-10(2)18-19(12)3/h5-9H,4H2,1-3H3,(H2,16,17,21,22)/b6-5+. The van der Waals surface area contributed by atoms with Crippen LogP contribution in [0.25, 0.3) is 6.08 Å². The molecule has 8 heteroatoms. The maximum Gasteiger partial charge on any atom is 0.250 e. The topological polar surface area (TPSA) is 76.8 Å². The first-order chi connectivity index (χ1) is 10.5. The van der Waals surface area contributed by atoms with E-state index < -0.39 is 0 Å². The first-order valence-corrected chi connectivity index (χ1v) is 7.22. The number of aryl methyl sites for hydroxylation is 3. The predicted octanol–water partition coefficient (Wildman–Crippen LogP) is 1.47. The molecule has 0 bridgehead atoms. The lowest BCUT2D eigenvalue weighted by Crippen LogP contribution is -2.33. The Balaban J connectivity index is 1.88. The van der Waals surface area contributed by atoms with E-state index in [2.05, 4.69) is 20.8 Å². The summed E-state index contributed by atoms with van der Waals surface area (Å²) in [6.07, 6.45) is 6.66. The molecule has 0 saturated carbocycles. The molecule has 7 nitrogen and oxygen atoms in total. The minimum Gasteiger partial charge on any atom is -0.317 e. The Morgan fingerprint density at radius 2 is 2.27 bits per heavy atom. The number of nitrogens with zero attached hydrogens (tertiary/aromatic N) is 4. The van der Waals surface area contributed by atoms with Crippen LogP contribution < -0.4 is 10.6 Å². The molecule has 2 N–H and O–H groups in total.